The van der Waals surface area contributed by atoms with E-state index in [4.69, 9.17) is 5.41 Å². The van der Waals surface area contributed by atoms with Gasteiger partial charge >= 0.3 is 16.4 Å². The predicted octanol–water partition coefficient (Wildman–Crippen LogP) is -1.01. The Labute approximate surface area is 56.8 Å². The minimum atomic E-state index is -3.88. The molecule has 1 aliphatic heterocycles. The standard InChI is InChI=1S/C2H4N2O5S/c1-7-2(3)4-8-10(5,6)9-4/h3H,1H3. The van der Waals surface area contributed by atoms with Crippen molar-refractivity contribution in [1.29, 1.82) is 5.41 Å². The molecule has 1 rings (SSSR count). The van der Waals surface area contributed by atoms with Crippen molar-refractivity contribution in [3.05, 3.63) is 0 Å². The van der Waals surface area contributed by atoms with Gasteiger partial charge < -0.3 is 4.74 Å². The maximum Gasteiger partial charge on any atom is 0.446 e. The number of amidine groups is 1. The van der Waals surface area contributed by atoms with E-state index in [0.29, 0.717) is 5.23 Å². The van der Waals surface area contributed by atoms with E-state index in [2.05, 4.69) is 13.3 Å². The Morgan fingerprint density at radius 2 is 2.10 bits per heavy atom. The van der Waals surface area contributed by atoms with Gasteiger partial charge in [0, 0.05) is 0 Å². The van der Waals surface area contributed by atoms with E-state index in [0.717, 1.165) is 0 Å². The van der Waals surface area contributed by atoms with Crippen LogP contribution in [0.5, 0.6) is 0 Å². The number of methoxy groups -OCH3 is 1. The summed E-state index contributed by atoms with van der Waals surface area (Å²) in [5, 5.41) is 7.09. The van der Waals surface area contributed by atoms with E-state index in [1.165, 1.54) is 7.11 Å². The molecule has 7 nitrogen and oxygen atoms in total. The van der Waals surface area contributed by atoms with Crippen molar-refractivity contribution in [1.82, 2.24) is 5.23 Å². The summed E-state index contributed by atoms with van der Waals surface area (Å²) in [7, 11) is -2.70. The fourth-order valence-corrected chi connectivity index (χ4v) is 0.792. The fourth-order valence-electron chi connectivity index (χ4n) is 0.314. The summed E-state index contributed by atoms with van der Waals surface area (Å²) in [6.07, 6.45) is 0. The second kappa shape index (κ2) is 2.08. The van der Waals surface area contributed by atoms with Gasteiger partial charge in [0.1, 0.15) is 0 Å². The van der Waals surface area contributed by atoms with Crippen LogP contribution < -0.4 is 0 Å². The molecule has 0 unspecified atom stereocenters. The highest BCUT2D eigenvalue weighted by molar-refractivity contribution is 7.82. The number of rotatable bonds is 0. The molecule has 10 heavy (non-hydrogen) atoms. The van der Waals surface area contributed by atoms with Crippen molar-refractivity contribution in [3.8, 4) is 0 Å². The van der Waals surface area contributed by atoms with E-state index < -0.39 is 16.4 Å². The van der Waals surface area contributed by atoms with Crippen LogP contribution in [0.3, 0.4) is 0 Å². The summed E-state index contributed by atoms with van der Waals surface area (Å²) in [5.74, 6) is 0. The minimum absolute atomic E-state index is 0.329. The van der Waals surface area contributed by atoms with Crippen molar-refractivity contribution < 1.29 is 21.7 Å². The van der Waals surface area contributed by atoms with Gasteiger partial charge in [-0.3, -0.25) is 0 Å². The first-order valence-corrected chi connectivity index (χ1v) is 3.45. The monoisotopic (exact) mass is 168 g/mol. The van der Waals surface area contributed by atoms with Gasteiger partial charge in [0.25, 0.3) is 0 Å². The predicted molar refractivity (Wildman–Crippen MR) is 27.7 cm³/mol. The van der Waals surface area contributed by atoms with Crippen molar-refractivity contribution in [3.63, 3.8) is 0 Å². The van der Waals surface area contributed by atoms with Gasteiger partial charge in [0.15, 0.2) is 0 Å². The normalized spacial score (nSPS) is 21.5. The number of hydrogen-bond acceptors (Lipinski definition) is 6. The zero-order valence-electron chi connectivity index (χ0n) is 4.90. The maximum absolute atomic E-state index is 10.1. The molecule has 0 radical (unpaired) electrons. The molecular weight excluding hydrogens is 164 g/mol. The summed E-state index contributed by atoms with van der Waals surface area (Å²) in [6.45, 7) is 0. The maximum atomic E-state index is 10.1. The quantitative estimate of drug-likeness (QED) is 0.368. The molecular formula is C2H4N2O5S. The van der Waals surface area contributed by atoms with Crippen LogP contribution in [-0.2, 0) is 23.7 Å². The van der Waals surface area contributed by atoms with E-state index in [1.54, 1.807) is 0 Å². The summed E-state index contributed by atoms with van der Waals surface area (Å²) in [4.78, 5) is 0. The lowest BCUT2D eigenvalue weighted by Gasteiger charge is -2.25. The molecule has 0 bridgehead atoms. The molecule has 1 aliphatic rings. The Kier molecular flexibility index (Phi) is 1.50. The molecule has 0 amide bonds. The van der Waals surface area contributed by atoms with E-state index >= 15 is 0 Å². The van der Waals surface area contributed by atoms with Crippen molar-refractivity contribution in [2.75, 3.05) is 7.11 Å². The van der Waals surface area contributed by atoms with Crippen LogP contribution in [0.2, 0.25) is 0 Å². The zero-order chi connectivity index (χ0) is 7.78. The molecule has 0 aromatic heterocycles. The second-order valence-corrected chi connectivity index (χ2v) is 2.44. The molecule has 1 saturated heterocycles. The third-order valence-corrected chi connectivity index (χ3v) is 1.31. The van der Waals surface area contributed by atoms with Crippen LogP contribution in [0, 0.1) is 5.41 Å². The molecule has 8 heteroatoms. The molecule has 0 aliphatic carbocycles. The molecule has 0 spiro atoms. The Morgan fingerprint density at radius 3 is 2.40 bits per heavy atom. The smallest absolute Gasteiger partial charge is 0.446 e. The molecule has 0 aromatic rings. The van der Waals surface area contributed by atoms with Gasteiger partial charge in [-0.05, 0) is 5.23 Å². The lowest BCUT2D eigenvalue weighted by atomic mass is 11.2. The van der Waals surface area contributed by atoms with E-state index in [-0.39, 0.29) is 0 Å². The summed E-state index contributed by atoms with van der Waals surface area (Å²) >= 11 is 0. The number of nitrogens with one attached hydrogen (secondary N) is 1. The largest absolute Gasteiger partial charge is 0.466 e. The first kappa shape index (κ1) is 7.25. The first-order valence-electron chi connectivity index (χ1n) is 2.12. The van der Waals surface area contributed by atoms with Crippen molar-refractivity contribution >= 4 is 16.4 Å². The van der Waals surface area contributed by atoms with Crippen LogP contribution in [0.15, 0.2) is 0 Å². The van der Waals surface area contributed by atoms with Crippen LogP contribution in [0.4, 0.5) is 0 Å². The molecule has 0 aromatic carbocycles. The van der Waals surface area contributed by atoms with Gasteiger partial charge in [-0.15, -0.1) is 0 Å². The number of nitrogens with zero attached hydrogens (tertiary/aromatic N) is 1. The molecule has 1 fully saturated rings. The minimum Gasteiger partial charge on any atom is -0.466 e. The average Bonchev–Trinajstić information content (AvgIpc) is 1.81. The van der Waals surface area contributed by atoms with Crippen molar-refractivity contribution in [2.24, 2.45) is 0 Å². The van der Waals surface area contributed by atoms with Gasteiger partial charge in [-0.25, -0.2) is 5.41 Å². The van der Waals surface area contributed by atoms with Crippen LogP contribution >= 0.6 is 0 Å². The summed E-state index contributed by atoms with van der Waals surface area (Å²) in [5.41, 5.74) is 0. The van der Waals surface area contributed by atoms with Crippen LogP contribution in [-0.4, -0.2) is 26.8 Å². The van der Waals surface area contributed by atoms with Crippen LogP contribution in [0.1, 0.15) is 0 Å². The average molecular weight is 168 g/mol. The second-order valence-electron chi connectivity index (χ2n) is 1.32. The highest BCUT2D eigenvalue weighted by Crippen LogP contribution is 2.16. The van der Waals surface area contributed by atoms with Crippen LogP contribution in [0.25, 0.3) is 0 Å². The zero-order valence-corrected chi connectivity index (χ0v) is 5.71. The lowest BCUT2D eigenvalue weighted by molar-refractivity contribution is -0.279. The number of hydrogen-bond donors (Lipinski definition) is 1. The molecule has 1 N–H and O–H groups in total. The van der Waals surface area contributed by atoms with Gasteiger partial charge in [-0.1, -0.05) is 8.57 Å². The Morgan fingerprint density at radius 1 is 1.60 bits per heavy atom. The highest BCUT2D eigenvalue weighted by atomic mass is 32.3. The van der Waals surface area contributed by atoms with Crippen molar-refractivity contribution in [2.45, 2.75) is 0 Å². The third-order valence-electron chi connectivity index (χ3n) is 0.677. The summed E-state index contributed by atoms with van der Waals surface area (Å²) < 4.78 is 32.2. The molecule has 1 heterocycles. The van der Waals surface area contributed by atoms with Gasteiger partial charge in [0.05, 0.1) is 7.11 Å². The highest BCUT2D eigenvalue weighted by Gasteiger charge is 2.38. The third kappa shape index (κ3) is 1.17. The Balaban J connectivity index is 2.48. The Bertz CT molecular complexity index is 232. The molecule has 0 atom stereocenters. The number of ether oxygens (including phenoxy) is 1. The van der Waals surface area contributed by atoms with E-state index in [9.17, 15) is 8.42 Å². The number of hydroxylamine groups is 2. The van der Waals surface area contributed by atoms with Gasteiger partial charge in [-0.2, -0.15) is 8.42 Å². The lowest BCUT2D eigenvalue weighted by Crippen LogP contribution is -2.45. The summed E-state index contributed by atoms with van der Waals surface area (Å²) in [6, 6.07) is -0.533. The van der Waals surface area contributed by atoms with Gasteiger partial charge in [0.2, 0.25) is 0 Å². The fraction of sp³-hybridized carbons (Fsp3) is 0.500. The van der Waals surface area contributed by atoms with E-state index in [1.807, 2.05) is 0 Å². The SMILES string of the molecule is COC(=N)N1OS(=O)(=O)O1. The first-order chi connectivity index (χ1) is 4.55. The molecule has 58 valence electrons. The topological polar surface area (TPSA) is 88.9 Å². The Hall–Kier alpha value is -0.860. The molecule has 0 saturated carbocycles.